The van der Waals surface area contributed by atoms with Crippen molar-refractivity contribution < 1.29 is 0 Å². The van der Waals surface area contributed by atoms with Gasteiger partial charge in [-0.25, -0.2) is 4.79 Å². The van der Waals surface area contributed by atoms with E-state index in [9.17, 15) is 9.59 Å². The van der Waals surface area contributed by atoms with Gasteiger partial charge in [-0.2, -0.15) is 0 Å². The number of rotatable bonds is 6. The van der Waals surface area contributed by atoms with E-state index in [0.29, 0.717) is 18.2 Å². The monoisotopic (exact) mass is 278 g/mol. The van der Waals surface area contributed by atoms with Crippen LogP contribution < -0.4 is 22.3 Å². The van der Waals surface area contributed by atoms with Gasteiger partial charge in [0.05, 0.1) is 0 Å². The number of aromatic amines is 1. The zero-order valence-corrected chi connectivity index (χ0v) is 11.8. The third-order valence-electron chi connectivity index (χ3n) is 4.53. The molecule has 110 valence electrons. The second-order valence-electron chi connectivity index (χ2n) is 5.98. The van der Waals surface area contributed by atoms with Crippen molar-refractivity contribution in [2.75, 3.05) is 17.6 Å². The molecule has 0 bridgehead atoms. The average Bonchev–Trinajstić information content (AvgIpc) is 3.26. The SMILES string of the molecule is CCn1c(N)c(NCC(C2CC2)C2CC2)c(=O)[nH]c1=O. The van der Waals surface area contributed by atoms with Gasteiger partial charge in [-0.3, -0.25) is 14.3 Å². The van der Waals surface area contributed by atoms with Crippen molar-refractivity contribution in [3.8, 4) is 0 Å². The molecule has 2 aliphatic rings. The lowest BCUT2D eigenvalue weighted by Gasteiger charge is -2.18. The van der Waals surface area contributed by atoms with E-state index in [1.54, 1.807) is 0 Å². The van der Waals surface area contributed by atoms with Crippen LogP contribution in [-0.2, 0) is 6.54 Å². The summed E-state index contributed by atoms with van der Waals surface area (Å²) in [7, 11) is 0. The van der Waals surface area contributed by atoms with Gasteiger partial charge in [-0.15, -0.1) is 0 Å². The molecule has 4 N–H and O–H groups in total. The highest BCUT2D eigenvalue weighted by atomic mass is 16.2. The molecule has 0 saturated heterocycles. The highest BCUT2D eigenvalue weighted by Gasteiger charge is 2.41. The Morgan fingerprint density at radius 1 is 1.30 bits per heavy atom. The van der Waals surface area contributed by atoms with Gasteiger partial charge in [-0.05, 0) is 50.4 Å². The molecule has 3 rings (SSSR count). The van der Waals surface area contributed by atoms with Crippen molar-refractivity contribution in [2.45, 2.75) is 39.2 Å². The van der Waals surface area contributed by atoms with E-state index < -0.39 is 11.2 Å². The van der Waals surface area contributed by atoms with E-state index in [4.69, 9.17) is 5.73 Å². The first-order valence-electron chi connectivity index (χ1n) is 7.48. The number of nitrogen functional groups attached to an aromatic ring is 1. The highest BCUT2D eigenvalue weighted by molar-refractivity contribution is 5.60. The van der Waals surface area contributed by atoms with Crippen LogP contribution in [0.4, 0.5) is 11.5 Å². The molecule has 2 fully saturated rings. The molecular weight excluding hydrogens is 256 g/mol. The van der Waals surface area contributed by atoms with Crippen molar-refractivity contribution in [2.24, 2.45) is 17.8 Å². The summed E-state index contributed by atoms with van der Waals surface area (Å²) in [6.45, 7) is 3.06. The summed E-state index contributed by atoms with van der Waals surface area (Å²) in [6, 6.07) is 0. The van der Waals surface area contributed by atoms with Crippen LogP contribution in [0.15, 0.2) is 9.59 Å². The van der Waals surface area contributed by atoms with E-state index in [2.05, 4.69) is 10.3 Å². The topological polar surface area (TPSA) is 92.9 Å². The molecule has 20 heavy (non-hydrogen) atoms. The standard InChI is InChI=1S/C14H22N4O2/c1-2-18-12(15)11(13(19)17-14(18)20)16-7-10(8-3-4-8)9-5-6-9/h8-10,16H,2-7,15H2,1H3,(H,17,19,20). The van der Waals surface area contributed by atoms with Gasteiger partial charge in [0, 0.05) is 13.1 Å². The Morgan fingerprint density at radius 2 is 1.90 bits per heavy atom. The maximum absolute atomic E-state index is 11.9. The first-order chi connectivity index (χ1) is 9.61. The van der Waals surface area contributed by atoms with E-state index in [1.807, 2.05) is 6.92 Å². The number of H-pyrrole nitrogens is 1. The zero-order chi connectivity index (χ0) is 14.3. The lowest BCUT2D eigenvalue weighted by atomic mass is 9.98. The number of nitrogens with two attached hydrogens (primary N) is 1. The van der Waals surface area contributed by atoms with Crippen LogP contribution in [0, 0.1) is 17.8 Å². The Balaban J connectivity index is 1.79. The fourth-order valence-electron chi connectivity index (χ4n) is 3.06. The Morgan fingerprint density at radius 3 is 2.40 bits per heavy atom. The summed E-state index contributed by atoms with van der Waals surface area (Å²) >= 11 is 0. The lowest BCUT2D eigenvalue weighted by Crippen LogP contribution is -2.34. The second-order valence-corrected chi connectivity index (χ2v) is 5.98. The van der Waals surface area contributed by atoms with Crippen LogP contribution in [-0.4, -0.2) is 16.1 Å². The maximum Gasteiger partial charge on any atom is 0.330 e. The molecule has 0 radical (unpaired) electrons. The third kappa shape index (κ3) is 2.46. The van der Waals surface area contributed by atoms with Crippen LogP contribution in [0.3, 0.4) is 0 Å². The Hall–Kier alpha value is -1.72. The van der Waals surface area contributed by atoms with E-state index in [1.165, 1.54) is 30.3 Å². The van der Waals surface area contributed by atoms with Gasteiger partial charge in [0.25, 0.3) is 5.56 Å². The second kappa shape index (κ2) is 5.00. The first kappa shape index (κ1) is 13.3. The number of hydrogen-bond donors (Lipinski definition) is 3. The van der Waals surface area contributed by atoms with Crippen LogP contribution in [0.5, 0.6) is 0 Å². The summed E-state index contributed by atoms with van der Waals surface area (Å²) in [4.78, 5) is 25.8. The van der Waals surface area contributed by atoms with Crippen LogP contribution in [0.25, 0.3) is 0 Å². The summed E-state index contributed by atoms with van der Waals surface area (Å²) in [5.41, 5.74) is 5.43. The number of nitrogens with zero attached hydrogens (tertiary/aromatic N) is 1. The van der Waals surface area contributed by atoms with E-state index in [-0.39, 0.29) is 5.82 Å². The van der Waals surface area contributed by atoms with Gasteiger partial charge < -0.3 is 11.1 Å². The Labute approximate surface area is 117 Å². The van der Waals surface area contributed by atoms with Crippen LogP contribution >= 0.6 is 0 Å². The van der Waals surface area contributed by atoms with Crippen molar-refractivity contribution in [3.63, 3.8) is 0 Å². The molecule has 6 heteroatoms. The molecular formula is C14H22N4O2. The molecule has 0 amide bonds. The third-order valence-corrected chi connectivity index (χ3v) is 4.53. The molecule has 0 atom stereocenters. The van der Waals surface area contributed by atoms with Crippen molar-refractivity contribution in [3.05, 3.63) is 20.8 Å². The minimum Gasteiger partial charge on any atom is -0.383 e. The molecule has 1 aromatic rings. The van der Waals surface area contributed by atoms with E-state index >= 15 is 0 Å². The van der Waals surface area contributed by atoms with Crippen molar-refractivity contribution in [1.29, 1.82) is 0 Å². The average molecular weight is 278 g/mol. The lowest BCUT2D eigenvalue weighted by molar-refractivity contribution is 0.428. The summed E-state index contributed by atoms with van der Waals surface area (Å²) in [5.74, 6) is 2.52. The van der Waals surface area contributed by atoms with Crippen LogP contribution in [0.1, 0.15) is 32.6 Å². The fraction of sp³-hybridized carbons (Fsp3) is 0.714. The fourth-order valence-corrected chi connectivity index (χ4v) is 3.06. The van der Waals surface area contributed by atoms with Gasteiger partial charge in [0.1, 0.15) is 11.5 Å². The van der Waals surface area contributed by atoms with Crippen molar-refractivity contribution >= 4 is 11.5 Å². The molecule has 0 aromatic carbocycles. The maximum atomic E-state index is 11.9. The van der Waals surface area contributed by atoms with Gasteiger partial charge >= 0.3 is 5.69 Å². The van der Waals surface area contributed by atoms with Crippen LogP contribution in [0.2, 0.25) is 0 Å². The minimum absolute atomic E-state index is 0.242. The molecule has 0 unspecified atom stereocenters. The first-order valence-corrected chi connectivity index (χ1v) is 7.48. The van der Waals surface area contributed by atoms with Gasteiger partial charge in [-0.1, -0.05) is 0 Å². The number of anilines is 2. The summed E-state index contributed by atoms with van der Waals surface area (Å²) in [5, 5.41) is 3.20. The Kier molecular flexibility index (Phi) is 3.31. The smallest absolute Gasteiger partial charge is 0.330 e. The number of aromatic nitrogens is 2. The summed E-state index contributed by atoms with van der Waals surface area (Å²) in [6.07, 6.45) is 5.23. The molecule has 2 saturated carbocycles. The van der Waals surface area contributed by atoms with Gasteiger partial charge in [0.2, 0.25) is 0 Å². The zero-order valence-electron chi connectivity index (χ0n) is 11.8. The van der Waals surface area contributed by atoms with Gasteiger partial charge in [0.15, 0.2) is 0 Å². The molecule has 6 nitrogen and oxygen atoms in total. The molecule has 1 aromatic heterocycles. The summed E-state index contributed by atoms with van der Waals surface area (Å²) < 4.78 is 1.38. The normalized spacial score (nSPS) is 18.5. The Bertz CT molecular complexity index is 599. The largest absolute Gasteiger partial charge is 0.383 e. The number of hydrogen-bond acceptors (Lipinski definition) is 4. The molecule has 0 spiro atoms. The van der Waals surface area contributed by atoms with E-state index in [0.717, 1.165) is 18.4 Å². The van der Waals surface area contributed by atoms with Crippen molar-refractivity contribution in [1.82, 2.24) is 9.55 Å². The molecule has 0 aliphatic heterocycles. The molecule has 2 aliphatic carbocycles. The predicted molar refractivity (Wildman–Crippen MR) is 78.8 cm³/mol. The highest BCUT2D eigenvalue weighted by Crippen LogP contribution is 2.49. The minimum atomic E-state index is -0.443. The predicted octanol–water partition coefficient (Wildman–Crippen LogP) is 0.987. The quantitative estimate of drug-likeness (QED) is 0.723. The molecule has 1 heterocycles. The number of nitrogens with one attached hydrogen (secondary N) is 2.